The summed E-state index contributed by atoms with van der Waals surface area (Å²) >= 11 is 6.28. The van der Waals surface area contributed by atoms with Gasteiger partial charge in [0, 0.05) is 0 Å². The fourth-order valence-corrected chi connectivity index (χ4v) is 2.94. The molecule has 2 rings (SSSR count). The van der Waals surface area contributed by atoms with Gasteiger partial charge in [-0.15, -0.1) is 0 Å². The minimum Gasteiger partial charge on any atom is -0.493 e. The first-order chi connectivity index (χ1) is 8.97. The van der Waals surface area contributed by atoms with E-state index in [2.05, 4.69) is 0 Å². The zero-order valence-electron chi connectivity index (χ0n) is 11.2. The normalized spacial score (nSPS) is 16.6. The predicted molar refractivity (Wildman–Crippen MR) is 72.5 cm³/mol. The molecule has 5 heteroatoms. The molecule has 19 heavy (non-hydrogen) atoms. The maximum Gasteiger partial charge on any atom is 0.314 e. The fourth-order valence-electron chi connectivity index (χ4n) is 2.67. The standard InChI is InChI=1S/C14H17ClO4/c1-8-9(14(13(16)17)5-4-6-14)7-10(18-2)12(19-3)11(8)15/h7H,4-6H2,1-3H3,(H,16,17). The first kappa shape index (κ1) is 14.0. The van der Waals surface area contributed by atoms with E-state index in [0.717, 1.165) is 17.5 Å². The summed E-state index contributed by atoms with van der Waals surface area (Å²) < 4.78 is 10.5. The van der Waals surface area contributed by atoms with Gasteiger partial charge in [0.15, 0.2) is 11.5 Å². The van der Waals surface area contributed by atoms with Crippen molar-refractivity contribution in [2.75, 3.05) is 14.2 Å². The Kier molecular flexibility index (Phi) is 3.63. The van der Waals surface area contributed by atoms with Gasteiger partial charge in [0.05, 0.1) is 24.7 Å². The Labute approximate surface area is 117 Å². The van der Waals surface area contributed by atoms with E-state index in [1.165, 1.54) is 14.2 Å². The smallest absolute Gasteiger partial charge is 0.314 e. The van der Waals surface area contributed by atoms with Crippen LogP contribution in [-0.2, 0) is 10.2 Å². The number of aliphatic carboxylic acids is 1. The second kappa shape index (κ2) is 4.93. The quantitative estimate of drug-likeness (QED) is 0.923. The molecule has 1 fully saturated rings. The number of hydrogen-bond donors (Lipinski definition) is 1. The van der Waals surface area contributed by atoms with Crippen LogP contribution < -0.4 is 9.47 Å². The maximum absolute atomic E-state index is 11.6. The highest BCUT2D eigenvalue weighted by molar-refractivity contribution is 6.33. The molecule has 4 nitrogen and oxygen atoms in total. The summed E-state index contributed by atoms with van der Waals surface area (Å²) in [7, 11) is 3.03. The van der Waals surface area contributed by atoms with Crippen molar-refractivity contribution < 1.29 is 19.4 Å². The molecular formula is C14H17ClO4. The number of carboxylic acid groups (broad SMARTS) is 1. The van der Waals surface area contributed by atoms with Crippen LogP contribution in [0, 0.1) is 6.92 Å². The Balaban J connectivity index is 2.65. The first-order valence-corrected chi connectivity index (χ1v) is 6.50. The van der Waals surface area contributed by atoms with Crippen LogP contribution in [0.5, 0.6) is 11.5 Å². The molecule has 0 saturated heterocycles. The number of ether oxygens (including phenoxy) is 2. The van der Waals surface area contributed by atoms with Crippen LogP contribution in [-0.4, -0.2) is 25.3 Å². The first-order valence-electron chi connectivity index (χ1n) is 6.13. The molecule has 0 heterocycles. The molecular weight excluding hydrogens is 268 g/mol. The number of hydrogen-bond acceptors (Lipinski definition) is 3. The van der Waals surface area contributed by atoms with Crippen LogP contribution in [0.15, 0.2) is 6.07 Å². The van der Waals surface area contributed by atoms with Crippen LogP contribution in [0.1, 0.15) is 30.4 Å². The fraction of sp³-hybridized carbons (Fsp3) is 0.500. The molecule has 0 bridgehead atoms. The summed E-state index contributed by atoms with van der Waals surface area (Å²) in [5, 5.41) is 9.95. The van der Waals surface area contributed by atoms with Crippen LogP contribution in [0.2, 0.25) is 5.02 Å². The number of methoxy groups -OCH3 is 2. The van der Waals surface area contributed by atoms with E-state index in [9.17, 15) is 9.90 Å². The van der Waals surface area contributed by atoms with Crippen molar-refractivity contribution >= 4 is 17.6 Å². The zero-order valence-corrected chi connectivity index (χ0v) is 12.0. The topological polar surface area (TPSA) is 55.8 Å². The Morgan fingerprint density at radius 1 is 1.37 bits per heavy atom. The minimum atomic E-state index is -0.826. The van der Waals surface area contributed by atoms with E-state index < -0.39 is 11.4 Å². The van der Waals surface area contributed by atoms with E-state index in [0.29, 0.717) is 29.4 Å². The molecule has 0 radical (unpaired) electrons. The van der Waals surface area contributed by atoms with Gasteiger partial charge in [0.25, 0.3) is 0 Å². The van der Waals surface area contributed by atoms with Gasteiger partial charge >= 0.3 is 5.97 Å². The molecule has 1 aliphatic carbocycles. The second-order valence-electron chi connectivity index (χ2n) is 4.84. The second-order valence-corrected chi connectivity index (χ2v) is 5.22. The molecule has 1 N–H and O–H groups in total. The van der Waals surface area contributed by atoms with E-state index in [1.807, 2.05) is 6.92 Å². The lowest BCUT2D eigenvalue weighted by Crippen LogP contribution is -2.43. The van der Waals surface area contributed by atoms with Crippen LogP contribution >= 0.6 is 11.6 Å². The summed E-state index contributed by atoms with van der Waals surface area (Å²) in [6.07, 6.45) is 2.18. The van der Waals surface area contributed by atoms with Gasteiger partial charge in [-0.2, -0.15) is 0 Å². The molecule has 104 valence electrons. The average molecular weight is 285 g/mol. The van der Waals surface area contributed by atoms with Crippen LogP contribution in [0.4, 0.5) is 0 Å². The SMILES string of the molecule is COc1cc(C2(C(=O)O)CCC2)c(C)c(Cl)c1OC. The van der Waals surface area contributed by atoms with E-state index in [1.54, 1.807) is 6.07 Å². The van der Waals surface area contributed by atoms with Crippen molar-refractivity contribution in [2.45, 2.75) is 31.6 Å². The third-order valence-corrected chi connectivity index (χ3v) is 4.44. The van der Waals surface area contributed by atoms with Gasteiger partial charge in [-0.1, -0.05) is 18.0 Å². The Hall–Kier alpha value is -1.42. The lowest BCUT2D eigenvalue weighted by Gasteiger charge is -2.39. The van der Waals surface area contributed by atoms with Crippen molar-refractivity contribution in [1.29, 1.82) is 0 Å². The molecule has 1 aliphatic rings. The highest BCUT2D eigenvalue weighted by Crippen LogP contribution is 2.50. The summed E-state index contributed by atoms with van der Waals surface area (Å²) in [4.78, 5) is 11.6. The molecule has 0 aromatic heterocycles. The van der Waals surface area contributed by atoms with E-state index in [-0.39, 0.29) is 0 Å². The van der Waals surface area contributed by atoms with Gasteiger partial charge in [-0.25, -0.2) is 0 Å². The average Bonchev–Trinajstić information content (AvgIpc) is 2.32. The highest BCUT2D eigenvalue weighted by Gasteiger charge is 2.47. The van der Waals surface area contributed by atoms with Gasteiger partial charge in [-0.3, -0.25) is 4.79 Å². The molecule has 0 aliphatic heterocycles. The van der Waals surface area contributed by atoms with Gasteiger partial charge in [-0.05, 0) is 37.0 Å². The molecule has 0 spiro atoms. The van der Waals surface area contributed by atoms with Crippen molar-refractivity contribution in [3.8, 4) is 11.5 Å². The van der Waals surface area contributed by atoms with Gasteiger partial charge in [0.2, 0.25) is 0 Å². The third-order valence-electron chi connectivity index (χ3n) is 3.99. The highest BCUT2D eigenvalue weighted by atomic mass is 35.5. The summed E-state index contributed by atoms with van der Waals surface area (Å²) in [6, 6.07) is 1.74. The monoisotopic (exact) mass is 284 g/mol. The van der Waals surface area contributed by atoms with Crippen molar-refractivity contribution in [3.63, 3.8) is 0 Å². The molecule has 0 unspecified atom stereocenters. The Bertz CT molecular complexity index is 521. The van der Waals surface area contributed by atoms with Crippen molar-refractivity contribution in [3.05, 3.63) is 22.2 Å². The Morgan fingerprint density at radius 3 is 2.37 bits per heavy atom. The maximum atomic E-state index is 11.6. The molecule has 0 amide bonds. The summed E-state index contributed by atoms with van der Waals surface area (Å²) in [6.45, 7) is 1.82. The summed E-state index contributed by atoms with van der Waals surface area (Å²) in [5.41, 5.74) is 0.656. The number of halogens is 1. The van der Waals surface area contributed by atoms with Crippen molar-refractivity contribution in [1.82, 2.24) is 0 Å². The largest absolute Gasteiger partial charge is 0.493 e. The lowest BCUT2D eigenvalue weighted by atomic mass is 9.63. The predicted octanol–water partition coefficient (Wildman–Crippen LogP) is 3.17. The Morgan fingerprint density at radius 2 is 2.00 bits per heavy atom. The molecule has 1 saturated carbocycles. The van der Waals surface area contributed by atoms with Gasteiger partial charge in [0.1, 0.15) is 0 Å². The van der Waals surface area contributed by atoms with Gasteiger partial charge < -0.3 is 14.6 Å². The summed E-state index contributed by atoms with van der Waals surface area (Å²) in [5.74, 6) is 0.121. The zero-order chi connectivity index (χ0) is 14.2. The van der Waals surface area contributed by atoms with E-state index in [4.69, 9.17) is 21.1 Å². The molecule has 1 aromatic carbocycles. The van der Waals surface area contributed by atoms with Crippen molar-refractivity contribution in [2.24, 2.45) is 0 Å². The number of benzene rings is 1. The number of carbonyl (C=O) groups is 1. The van der Waals surface area contributed by atoms with Crippen LogP contribution in [0.3, 0.4) is 0 Å². The minimum absolute atomic E-state index is 0.421. The lowest BCUT2D eigenvalue weighted by molar-refractivity contribution is -0.147. The van der Waals surface area contributed by atoms with Crippen LogP contribution in [0.25, 0.3) is 0 Å². The third kappa shape index (κ3) is 1.94. The molecule has 0 atom stereocenters. The molecule has 1 aromatic rings. The number of carboxylic acids is 1. The van der Waals surface area contributed by atoms with E-state index >= 15 is 0 Å². The number of rotatable bonds is 4.